The predicted molar refractivity (Wildman–Crippen MR) is 82.0 cm³/mol. The summed E-state index contributed by atoms with van der Waals surface area (Å²) in [7, 11) is 0. The number of hydrogen-bond acceptors (Lipinski definition) is 2. The molecule has 2 aromatic rings. The second-order valence-electron chi connectivity index (χ2n) is 6.26. The molecule has 1 aliphatic carbocycles. The largest absolute Gasteiger partial charge is 0.457 e. The Morgan fingerprint density at radius 2 is 1.91 bits per heavy atom. The quantitative estimate of drug-likeness (QED) is 0.785. The molecule has 0 radical (unpaired) electrons. The molecule has 0 atom stereocenters. The lowest BCUT2D eigenvalue weighted by atomic mass is 9.79. The molecule has 22 heavy (non-hydrogen) atoms. The van der Waals surface area contributed by atoms with Crippen LogP contribution in [-0.2, 0) is 0 Å². The molecule has 0 spiro atoms. The molecule has 3 rings (SSSR count). The molecular formula is C18H20F2O2. The first-order chi connectivity index (χ1) is 10.6. The van der Waals surface area contributed by atoms with Crippen molar-refractivity contribution in [3.8, 4) is 0 Å². The molecule has 0 amide bonds. The van der Waals surface area contributed by atoms with Crippen molar-refractivity contribution in [2.75, 3.05) is 0 Å². The molecule has 0 aliphatic heterocycles. The van der Waals surface area contributed by atoms with E-state index in [0.717, 1.165) is 37.7 Å². The van der Waals surface area contributed by atoms with Crippen molar-refractivity contribution >= 4 is 11.0 Å². The van der Waals surface area contributed by atoms with E-state index in [4.69, 9.17) is 4.42 Å². The third-order valence-corrected chi connectivity index (χ3v) is 4.75. The highest BCUT2D eigenvalue weighted by Gasteiger charge is 2.25. The summed E-state index contributed by atoms with van der Waals surface area (Å²) in [6.45, 7) is 2.19. The Kier molecular flexibility index (Phi) is 4.27. The van der Waals surface area contributed by atoms with Gasteiger partial charge in [0.15, 0.2) is 16.8 Å². The Bertz CT molecular complexity index is 728. The summed E-state index contributed by atoms with van der Waals surface area (Å²) >= 11 is 0. The lowest BCUT2D eigenvalue weighted by molar-refractivity contribution is 0.285. The van der Waals surface area contributed by atoms with Gasteiger partial charge in [0, 0.05) is 12.0 Å². The Morgan fingerprint density at radius 3 is 2.59 bits per heavy atom. The lowest BCUT2D eigenvalue weighted by Gasteiger charge is -2.27. The van der Waals surface area contributed by atoms with Crippen molar-refractivity contribution in [3.63, 3.8) is 0 Å². The van der Waals surface area contributed by atoms with Gasteiger partial charge in [-0.2, -0.15) is 4.39 Å². The average molecular weight is 306 g/mol. The van der Waals surface area contributed by atoms with E-state index in [0.29, 0.717) is 5.76 Å². The van der Waals surface area contributed by atoms with Gasteiger partial charge >= 0.3 is 0 Å². The van der Waals surface area contributed by atoms with Gasteiger partial charge in [-0.3, -0.25) is 4.79 Å². The average Bonchev–Trinajstić information content (AvgIpc) is 2.52. The fourth-order valence-corrected chi connectivity index (χ4v) is 3.53. The van der Waals surface area contributed by atoms with Gasteiger partial charge in [-0.15, -0.1) is 0 Å². The van der Waals surface area contributed by atoms with Crippen LogP contribution < -0.4 is 5.43 Å². The summed E-state index contributed by atoms with van der Waals surface area (Å²) in [6.07, 6.45) is 6.50. The molecular weight excluding hydrogens is 286 g/mol. The highest BCUT2D eigenvalue weighted by molar-refractivity contribution is 5.77. The number of hydrogen-bond donors (Lipinski definition) is 0. The van der Waals surface area contributed by atoms with Crippen LogP contribution in [0.5, 0.6) is 0 Å². The molecule has 0 N–H and O–H groups in total. The molecule has 2 nitrogen and oxygen atoms in total. The zero-order valence-corrected chi connectivity index (χ0v) is 12.7. The highest BCUT2D eigenvalue weighted by Crippen LogP contribution is 2.38. The van der Waals surface area contributed by atoms with E-state index in [1.807, 2.05) is 0 Å². The van der Waals surface area contributed by atoms with Gasteiger partial charge < -0.3 is 4.42 Å². The van der Waals surface area contributed by atoms with Crippen LogP contribution in [0.3, 0.4) is 0 Å². The minimum absolute atomic E-state index is 0.0994. The van der Waals surface area contributed by atoms with Gasteiger partial charge in [-0.25, -0.2) is 4.39 Å². The van der Waals surface area contributed by atoms with Crippen LogP contribution in [0.1, 0.15) is 57.1 Å². The van der Waals surface area contributed by atoms with Gasteiger partial charge in [0.25, 0.3) is 0 Å². The number of halogens is 2. The first kappa shape index (κ1) is 15.2. The molecule has 118 valence electrons. The SMILES string of the molecule is CCCC1CCC(c2cc(=O)c3ccc(F)c(F)c3o2)CC1. The van der Waals surface area contributed by atoms with E-state index in [2.05, 4.69) is 6.92 Å². The van der Waals surface area contributed by atoms with Gasteiger partial charge in [0.1, 0.15) is 5.76 Å². The Balaban J connectivity index is 1.92. The fraction of sp³-hybridized carbons (Fsp3) is 0.500. The maximum atomic E-state index is 13.9. The summed E-state index contributed by atoms with van der Waals surface area (Å²) in [5, 5.41) is 0.0994. The minimum atomic E-state index is -1.07. The van der Waals surface area contributed by atoms with Crippen molar-refractivity contribution in [1.82, 2.24) is 0 Å². The van der Waals surface area contributed by atoms with Gasteiger partial charge in [-0.05, 0) is 43.7 Å². The summed E-state index contributed by atoms with van der Waals surface area (Å²) in [5.74, 6) is -0.692. The molecule has 1 aromatic heterocycles. The fourth-order valence-electron chi connectivity index (χ4n) is 3.53. The molecule has 0 unspecified atom stereocenters. The molecule has 0 bridgehead atoms. The Labute approximate surface area is 128 Å². The highest BCUT2D eigenvalue weighted by atomic mass is 19.2. The van der Waals surface area contributed by atoms with Gasteiger partial charge in [0.2, 0.25) is 5.82 Å². The second kappa shape index (κ2) is 6.19. The maximum Gasteiger partial charge on any atom is 0.202 e. The molecule has 1 aliphatic rings. The van der Waals surface area contributed by atoms with E-state index in [1.54, 1.807) is 0 Å². The van der Waals surface area contributed by atoms with Crippen LogP contribution in [0, 0.1) is 17.6 Å². The Hall–Kier alpha value is -1.71. The zero-order valence-electron chi connectivity index (χ0n) is 12.7. The van der Waals surface area contributed by atoms with Crippen molar-refractivity contribution in [2.24, 2.45) is 5.92 Å². The van der Waals surface area contributed by atoms with Crippen molar-refractivity contribution in [2.45, 2.75) is 51.4 Å². The number of benzene rings is 1. The van der Waals surface area contributed by atoms with Crippen LogP contribution in [0.25, 0.3) is 11.0 Å². The Morgan fingerprint density at radius 1 is 1.18 bits per heavy atom. The third-order valence-electron chi connectivity index (χ3n) is 4.75. The van der Waals surface area contributed by atoms with Gasteiger partial charge in [0.05, 0.1) is 5.39 Å². The molecule has 4 heteroatoms. The van der Waals surface area contributed by atoms with Crippen LogP contribution in [0.2, 0.25) is 0 Å². The molecule has 1 fully saturated rings. The van der Waals surface area contributed by atoms with E-state index in [-0.39, 0.29) is 22.3 Å². The molecule has 1 heterocycles. The number of rotatable bonds is 3. The lowest BCUT2D eigenvalue weighted by Crippen LogP contribution is -2.15. The van der Waals surface area contributed by atoms with Crippen LogP contribution >= 0.6 is 0 Å². The maximum absolute atomic E-state index is 13.9. The first-order valence-electron chi connectivity index (χ1n) is 8.02. The summed E-state index contributed by atoms with van der Waals surface area (Å²) in [5.41, 5.74) is -0.552. The van der Waals surface area contributed by atoms with Crippen LogP contribution in [0.4, 0.5) is 8.78 Å². The minimum Gasteiger partial charge on any atom is -0.457 e. The first-order valence-corrected chi connectivity index (χ1v) is 8.02. The number of fused-ring (bicyclic) bond motifs is 1. The molecule has 1 aromatic carbocycles. The van der Waals surface area contributed by atoms with Gasteiger partial charge in [-0.1, -0.05) is 19.8 Å². The summed E-state index contributed by atoms with van der Waals surface area (Å²) in [6, 6.07) is 3.69. The van der Waals surface area contributed by atoms with E-state index < -0.39 is 11.6 Å². The van der Waals surface area contributed by atoms with Crippen LogP contribution in [0.15, 0.2) is 27.4 Å². The normalized spacial score (nSPS) is 22.1. The smallest absolute Gasteiger partial charge is 0.202 e. The predicted octanol–water partition coefficient (Wildman–Crippen LogP) is 5.15. The van der Waals surface area contributed by atoms with E-state index in [1.165, 1.54) is 25.0 Å². The summed E-state index contributed by atoms with van der Waals surface area (Å²) < 4.78 is 32.8. The molecule has 0 saturated heterocycles. The monoisotopic (exact) mass is 306 g/mol. The topological polar surface area (TPSA) is 30.2 Å². The van der Waals surface area contributed by atoms with Crippen LogP contribution in [-0.4, -0.2) is 0 Å². The molecule has 1 saturated carbocycles. The zero-order chi connectivity index (χ0) is 15.7. The summed E-state index contributed by atoms with van der Waals surface area (Å²) in [4.78, 5) is 12.1. The third kappa shape index (κ3) is 2.79. The van der Waals surface area contributed by atoms with Crippen molar-refractivity contribution in [1.29, 1.82) is 0 Å². The van der Waals surface area contributed by atoms with E-state index in [9.17, 15) is 13.6 Å². The standard InChI is InChI=1S/C18H20F2O2/c1-2-3-11-4-6-12(7-5-11)16-10-15(21)13-8-9-14(19)17(20)18(13)22-16/h8-12H,2-7H2,1H3. The van der Waals surface area contributed by atoms with E-state index >= 15 is 0 Å². The van der Waals surface area contributed by atoms with Crippen molar-refractivity contribution < 1.29 is 13.2 Å². The van der Waals surface area contributed by atoms with Crippen molar-refractivity contribution in [3.05, 3.63) is 45.8 Å². The second-order valence-corrected chi connectivity index (χ2v) is 6.26.